The first-order chi connectivity index (χ1) is 6.15. The van der Waals surface area contributed by atoms with Gasteiger partial charge in [-0.05, 0) is 0 Å². The molecule has 1 rings (SSSR count). The van der Waals surface area contributed by atoms with Crippen molar-refractivity contribution in [1.82, 2.24) is 0 Å². The molecule has 0 saturated carbocycles. The second-order valence-corrected chi connectivity index (χ2v) is 3.74. The normalized spacial score (nSPS) is 9.57. The van der Waals surface area contributed by atoms with Crippen molar-refractivity contribution in [3.63, 3.8) is 0 Å². The fourth-order valence-corrected chi connectivity index (χ4v) is 2.10. The molecular weight excluding hydrogens is 268 g/mol. The van der Waals surface area contributed by atoms with Crippen LogP contribution in [0.15, 0.2) is 5.51 Å². The van der Waals surface area contributed by atoms with E-state index in [0.717, 1.165) is 10.6 Å². The number of aromatic nitrogens is 1. The lowest BCUT2D eigenvalue weighted by molar-refractivity contribution is -0.685. The lowest BCUT2D eigenvalue weighted by atomic mass is 10.3. The van der Waals surface area contributed by atoms with Crippen molar-refractivity contribution in [1.29, 1.82) is 0 Å². The average molecular weight is 281 g/mol. The van der Waals surface area contributed by atoms with Gasteiger partial charge in [0.25, 0.3) is 5.91 Å². The number of hydrogen-bond donors (Lipinski definition) is 2. The molecule has 0 aliphatic carbocycles. The summed E-state index contributed by atoms with van der Waals surface area (Å²) in [7, 11) is 0. The fraction of sp³-hybridized carbons (Fsp3) is 0.500. The molecule has 80 valence electrons. The zero-order valence-corrected chi connectivity index (χ0v) is 10.3. The topological polar surface area (TPSA) is 67.2 Å². The van der Waals surface area contributed by atoms with E-state index in [1.807, 2.05) is 12.4 Å². The van der Waals surface area contributed by atoms with Crippen LogP contribution in [0.3, 0.4) is 0 Å². The van der Waals surface area contributed by atoms with Crippen LogP contribution in [0.25, 0.3) is 0 Å². The number of aliphatic hydroxyl groups excluding tert-OH is 1. The highest BCUT2D eigenvalue weighted by atomic mass is 79.9. The number of nitrogens with zero attached hydrogens (tertiary/aromatic N) is 1. The van der Waals surface area contributed by atoms with Crippen LogP contribution in [0.4, 0.5) is 0 Å². The fourth-order valence-electron chi connectivity index (χ4n) is 1.12. The predicted octanol–water partition coefficient (Wildman–Crippen LogP) is -3.63. The summed E-state index contributed by atoms with van der Waals surface area (Å²) in [5.41, 5.74) is 7.94. The van der Waals surface area contributed by atoms with Crippen LogP contribution in [-0.4, -0.2) is 17.6 Å². The quantitative estimate of drug-likeness (QED) is 0.559. The molecule has 0 aliphatic heterocycles. The van der Waals surface area contributed by atoms with Crippen molar-refractivity contribution in [3.05, 3.63) is 16.1 Å². The van der Waals surface area contributed by atoms with E-state index in [4.69, 9.17) is 10.8 Å². The number of rotatable bonds is 4. The van der Waals surface area contributed by atoms with Gasteiger partial charge in [0.05, 0.1) is 4.88 Å². The third-order valence-electron chi connectivity index (χ3n) is 1.82. The van der Waals surface area contributed by atoms with Gasteiger partial charge < -0.3 is 27.8 Å². The monoisotopic (exact) mass is 280 g/mol. The van der Waals surface area contributed by atoms with Crippen molar-refractivity contribution in [2.24, 2.45) is 5.73 Å². The third-order valence-corrected chi connectivity index (χ3v) is 2.97. The van der Waals surface area contributed by atoms with E-state index < -0.39 is 0 Å². The Labute approximate surface area is 97.1 Å². The Morgan fingerprint density at radius 2 is 2.36 bits per heavy atom. The molecule has 0 aliphatic rings. The molecule has 1 heterocycles. The zero-order valence-electron chi connectivity index (χ0n) is 7.86. The van der Waals surface area contributed by atoms with Gasteiger partial charge >= 0.3 is 0 Å². The Morgan fingerprint density at radius 1 is 1.71 bits per heavy atom. The first-order valence-corrected chi connectivity index (χ1v) is 4.88. The Kier molecular flexibility index (Phi) is 5.90. The van der Waals surface area contributed by atoms with Crippen molar-refractivity contribution < 1.29 is 31.4 Å². The zero-order chi connectivity index (χ0) is 9.84. The minimum absolute atomic E-state index is 0. The minimum Gasteiger partial charge on any atom is -1.00 e. The highest BCUT2D eigenvalue weighted by molar-refractivity contribution is 7.09. The van der Waals surface area contributed by atoms with E-state index in [1.165, 1.54) is 11.3 Å². The Balaban J connectivity index is 0.00000169. The van der Waals surface area contributed by atoms with E-state index in [1.54, 1.807) is 4.57 Å². The minimum atomic E-state index is -0.346. The van der Waals surface area contributed by atoms with Crippen molar-refractivity contribution in [2.75, 3.05) is 6.61 Å². The molecule has 1 aromatic rings. The summed E-state index contributed by atoms with van der Waals surface area (Å²) in [6.45, 7) is 2.27. The summed E-state index contributed by atoms with van der Waals surface area (Å²) in [5, 5.41) is 8.74. The average Bonchev–Trinajstić information content (AvgIpc) is 2.36. The number of thiazole rings is 1. The number of primary amides is 1. The highest BCUT2D eigenvalue weighted by Crippen LogP contribution is 2.10. The molecule has 1 aromatic heterocycles. The number of nitrogens with two attached hydrogens (primary N) is 1. The standard InChI is InChI=1S/C8H12N2O2S.BrH/c1-6-7(2-3-11)13-5-10(6)4-8(9)12;/h5,11H,2-4H2,1H3,(H-,9,12);1H. The summed E-state index contributed by atoms with van der Waals surface area (Å²) >= 11 is 1.54. The van der Waals surface area contributed by atoms with Gasteiger partial charge in [-0.2, -0.15) is 4.57 Å². The Morgan fingerprint density at radius 3 is 2.86 bits per heavy atom. The number of amides is 1. The van der Waals surface area contributed by atoms with Gasteiger partial charge in [0.2, 0.25) is 12.1 Å². The van der Waals surface area contributed by atoms with E-state index in [-0.39, 0.29) is 36.0 Å². The van der Waals surface area contributed by atoms with Gasteiger partial charge in [0, 0.05) is 20.0 Å². The third kappa shape index (κ3) is 3.36. The van der Waals surface area contributed by atoms with Crippen molar-refractivity contribution in [3.8, 4) is 0 Å². The number of hydrogen-bond acceptors (Lipinski definition) is 3. The first-order valence-electron chi connectivity index (χ1n) is 4.00. The van der Waals surface area contributed by atoms with E-state index in [0.29, 0.717) is 6.42 Å². The van der Waals surface area contributed by atoms with Crippen molar-refractivity contribution >= 4 is 17.2 Å². The molecule has 0 unspecified atom stereocenters. The molecule has 0 saturated heterocycles. The maximum atomic E-state index is 10.6. The molecule has 0 atom stereocenters. The Bertz CT molecular complexity index is 314. The SMILES string of the molecule is Cc1c(CCO)sc[n+]1CC(N)=O.[Br-]. The predicted molar refractivity (Wildman–Crippen MR) is 49.2 cm³/mol. The second kappa shape index (κ2) is 6.10. The first kappa shape index (κ1) is 13.5. The smallest absolute Gasteiger partial charge is 0.283 e. The summed E-state index contributed by atoms with van der Waals surface area (Å²) in [4.78, 5) is 11.7. The van der Waals surface area contributed by atoms with E-state index in [2.05, 4.69) is 0 Å². The van der Waals surface area contributed by atoms with Crippen LogP contribution in [0, 0.1) is 6.92 Å². The molecule has 0 aromatic carbocycles. The molecule has 0 radical (unpaired) electrons. The number of carbonyl (C=O) groups is 1. The van der Waals surface area contributed by atoms with E-state index >= 15 is 0 Å². The van der Waals surface area contributed by atoms with Gasteiger partial charge in [-0.15, -0.1) is 0 Å². The number of aliphatic hydroxyl groups is 1. The molecule has 0 bridgehead atoms. The summed E-state index contributed by atoms with van der Waals surface area (Å²) in [6.07, 6.45) is 0.641. The summed E-state index contributed by atoms with van der Waals surface area (Å²) < 4.78 is 1.80. The van der Waals surface area contributed by atoms with Crippen LogP contribution in [0.5, 0.6) is 0 Å². The molecule has 3 N–H and O–H groups in total. The van der Waals surface area contributed by atoms with Gasteiger partial charge in [0.1, 0.15) is 0 Å². The highest BCUT2D eigenvalue weighted by Gasteiger charge is 2.15. The van der Waals surface area contributed by atoms with E-state index in [9.17, 15) is 4.79 Å². The molecule has 4 nitrogen and oxygen atoms in total. The molecule has 1 amide bonds. The summed E-state index contributed by atoms with van der Waals surface area (Å²) in [6, 6.07) is 0. The molecule has 0 spiro atoms. The lowest BCUT2D eigenvalue weighted by Gasteiger charge is -1.92. The lowest BCUT2D eigenvalue weighted by Crippen LogP contribution is -3.00. The van der Waals surface area contributed by atoms with Gasteiger partial charge in [0.15, 0.2) is 5.69 Å². The largest absolute Gasteiger partial charge is 1.00 e. The van der Waals surface area contributed by atoms with Crippen molar-refractivity contribution in [2.45, 2.75) is 19.9 Å². The molecular formula is C8H13BrN2O2S. The van der Waals surface area contributed by atoms with Gasteiger partial charge in [-0.1, -0.05) is 11.3 Å². The van der Waals surface area contributed by atoms with Gasteiger partial charge in [-0.25, -0.2) is 0 Å². The van der Waals surface area contributed by atoms with Crippen LogP contribution in [0.1, 0.15) is 10.6 Å². The van der Waals surface area contributed by atoms with Crippen LogP contribution < -0.4 is 27.3 Å². The summed E-state index contributed by atoms with van der Waals surface area (Å²) in [5.74, 6) is -0.346. The number of carbonyl (C=O) groups excluding carboxylic acids is 1. The second-order valence-electron chi connectivity index (χ2n) is 2.80. The van der Waals surface area contributed by atoms with Crippen LogP contribution in [0.2, 0.25) is 0 Å². The molecule has 14 heavy (non-hydrogen) atoms. The van der Waals surface area contributed by atoms with Gasteiger partial charge in [-0.3, -0.25) is 4.79 Å². The molecule has 6 heteroatoms. The maximum absolute atomic E-state index is 10.6. The van der Waals surface area contributed by atoms with Crippen LogP contribution in [-0.2, 0) is 17.8 Å². The van der Waals surface area contributed by atoms with Crippen LogP contribution >= 0.6 is 11.3 Å². The Hall–Kier alpha value is -0.460. The maximum Gasteiger partial charge on any atom is 0.283 e. The molecule has 0 fully saturated rings. The number of halogens is 1.